The van der Waals surface area contributed by atoms with Gasteiger partial charge < -0.3 is 10.2 Å². The molecule has 9 heteroatoms. The zero-order chi connectivity index (χ0) is 29.3. The topological polar surface area (TPSA) is 86.8 Å². The van der Waals surface area contributed by atoms with Crippen molar-refractivity contribution in [1.29, 1.82) is 0 Å². The summed E-state index contributed by atoms with van der Waals surface area (Å²) < 4.78 is 42.2. The van der Waals surface area contributed by atoms with Crippen LogP contribution < -0.4 is 9.62 Å². The zero-order valence-corrected chi connectivity index (χ0v) is 24.3. The largest absolute Gasteiger partial charge is 0.352 e. The van der Waals surface area contributed by atoms with Crippen molar-refractivity contribution in [3.05, 3.63) is 95.8 Å². The number of carbonyl (C=O) groups excluding carboxylic acids is 2. The molecule has 0 heterocycles. The minimum atomic E-state index is -4.24. The maximum absolute atomic E-state index is 14.0. The molecule has 0 aliphatic carbocycles. The van der Waals surface area contributed by atoms with E-state index in [1.165, 1.54) is 17.0 Å². The quantitative estimate of drug-likeness (QED) is 0.312. The Kier molecular flexibility index (Phi) is 10.8. The van der Waals surface area contributed by atoms with Crippen molar-refractivity contribution in [1.82, 2.24) is 10.2 Å². The molecule has 0 saturated carbocycles. The van der Waals surface area contributed by atoms with E-state index in [1.807, 2.05) is 58.0 Å². The standard InChI is InChI=1S/C31H38FN3O4S/c1-5-24(4)33-31(37)29(6-2)34(21-20-25-10-8-7-9-11-25)30(36)22-35(27-16-12-23(3)13-17-27)40(38,39)28-18-14-26(32)15-19-28/h7-19,24,29H,5-6,20-22H2,1-4H3,(H,33,37)/t24-,29-/m0/s1. The summed E-state index contributed by atoms with van der Waals surface area (Å²) in [5, 5.41) is 2.97. The van der Waals surface area contributed by atoms with Gasteiger partial charge in [0.2, 0.25) is 11.8 Å². The summed E-state index contributed by atoms with van der Waals surface area (Å²) in [6.07, 6.45) is 1.59. The van der Waals surface area contributed by atoms with E-state index in [1.54, 1.807) is 24.3 Å². The molecule has 1 N–H and O–H groups in total. The van der Waals surface area contributed by atoms with Gasteiger partial charge in [-0.15, -0.1) is 0 Å². The van der Waals surface area contributed by atoms with Gasteiger partial charge >= 0.3 is 0 Å². The molecule has 0 aliphatic rings. The lowest BCUT2D eigenvalue weighted by Gasteiger charge is -2.33. The average Bonchev–Trinajstić information content (AvgIpc) is 2.95. The molecule has 0 bridgehead atoms. The monoisotopic (exact) mass is 567 g/mol. The van der Waals surface area contributed by atoms with Gasteiger partial charge in [-0.25, -0.2) is 12.8 Å². The first-order valence-electron chi connectivity index (χ1n) is 13.6. The molecular weight excluding hydrogens is 529 g/mol. The molecule has 3 aromatic carbocycles. The van der Waals surface area contributed by atoms with Crippen LogP contribution in [0.3, 0.4) is 0 Å². The maximum atomic E-state index is 14.0. The molecule has 0 fully saturated rings. The number of aryl methyl sites for hydroxylation is 1. The molecule has 40 heavy (non-hydrogen) atoms. The summed E-state index contributed by atoms with van der Waals surface area (Å²) >= 11 is 0. The van der Waals surface area contributed by atoms with Crippen molar-refractivity contribution in [2.45, 2.75) is 63.9 Å². The van der Waals surface area contributed by atoms with Gasteiger partial charge in [-0.1, -0.05) is 61.9 Å². The third-order valence-corrected chi connectivity index (χ3v) is 8.66. The van der Waals surface area contributed by atoms with Crippen LogP contribution in [0.2, 0.25) is 0 Å². The molecule has 0 saturated heterocycles. The number of anilines is 1. The molecule has 0 spiro atoms. The van der Waals surface area contributed by atoms with Crippen LogP contribution in [0.25, 0.3) is 0 Å². The van der Waals surface area contributed by atoms with E-state index in [2.05, 4.69) is 5.32 Å². The fraction of sp³-hybridized carbons (Fsp3) is 0.355. The van der Waals surface area contributed by atoms with Crippen molar-refractivity contribution < 1.29 is 22.4 Å². The molecule has 3 aromatic rings. The zero-order valence-electron chi connectivity index (χ0n) is 23.5. The third-order valence-electron chi connectivity index (χ3n) is 6.87. The first kappa shape index (κ1) is 30.8. The van der Waals surface area contributed by atoms with Gasteiger partial charge in [-0.05, 0) is 75.1 Å². The Bertz CT molecular complexity index is 1360. The Morgan fingerprint density at radius 1 is 0.900 bits per heavy atom. The highest BCUT2D eigenvalue weighted by Crippen LogP contribution is 2.25. The third kappa shape index (κ3) is 7.91. The molecule has 2 atom stereocenters. The van der Waals surface area contributed by atoms with Crippen LogP contribution in [0.15, 0.2) is 83.8 Å². The minimum Gasteiger partial charge on any atom is -0.352 e. The Morgan fingerprint density at radius 3 is 2.10 bits per heavy atom. The molecule has 0 radical (unpaired) electrons. The number of benzene rings is 3. The summed E-state index contributed by atoms with van der Waals surface area (Å²) in [6.45, 7) is 7.27. The van der Waals surface area contributed by atoms with Crippen LogP contribution in [0.4, 0.5) is 10.1 Å². The Hall–Kier alpha value is -3.72. The van der Waals surface area contributed by atoms with Gasteiger partial charge in [0.25, 0.3) is 10.0 Å². The lowest BCUT2D eigenvalue weighted by molar-refractivity contribution is -0.139. The first-order valence-corrected chi connectivity index (χ1v) is 15.0. The minimum absolute atomic E-state index is 0.0736. The van der Waals surface area contributed by atoms with Gasteiger partial charge in [0.1, 0.15) is 18.4 Å². The average molecular weight is 568 g/mol. The maximum Gasteiger partial charge on any atom is 0.264 e. The van der Waals surface area contributed by atoms with Crippen LogP contribution in [-0.4, -0.2) is 50.3 Å². The number of sulfonamides is 1. The Labute approximate surface area is 237 Å². The molecule has 2 amide bonds. The molecule has 0 unspecified atom stereocenters. The van der Waals surface area contributed by atoms with Gasteiger partial charge in [0.05, 0.1) is 10.6 Å². The predicted octanol–water partition coefficient (Wildman–Crippen LogP) is 5.09. The van der Waals surface area contributed by atoms with Gasteiger partial charge in [-0.2, -0.15) is 0 Å². The highest BCUT2D eigenvalue weighted by molar-refractivity contribution is 7.92. The molecular formula is C31H38FN3O4S. The number of halogens is 1. The number of rotatable bonds is 13. The van der Waals surface area contributed by atoms with E-state index in [-0.39, 0.29) is 23.4 Å². The fourth-order valence-corrected chi connectivity index (χ4v) is 5.72. The van der Waals surface area contributed by atoms with E-state index in [9.17, 15) is 22.4 Å². The van der Waals surface area contributed by atoms with Crippen LogP contribution in [0.1, 0.15) is 44.7 Å². The van der Waals surface area contributed by atoms with Crippen molar-refractivity contribution in [3.8, 4) is 0 Å². The Balaban J connectivity index is 2.00. The van der Waals surface area contributed by atoms with Crippen LogP contribution in [-0.2, 0) is 26.0 Å². The van der Waals surface area contributed by atoms with Gasteiger partial charge in [-0.3, -0.25) is 13.9 Å². The number of hydrogen-bond acceptors (Lipinski definition) is 4. The number of hydrogen-bond donors (Lipinski definition) is 1. The van der Waals surface area contributed by atoms with E-state index < -0.39 is 34.3 Å². The highest BCUT2D eigenvalue weighted by atomic mass is 32.2. The fourth-order valence-electron chi connectivity index (χ4n) is 4.31. The summed E-state index contributed by atoms with van der Waals surface area (Å²) in [7, 11) is -4.24. The smallest absolute Gasteiger partial charge is 0.264 e. The first-order chi connectivity index (χ1) is 19.1. The number of nitrogens with one attached hydrogen (secondary N) is 1. The van der Waals surface area contributed by atoms with Crippen LogP contribution in [0, 0.1) is 12.7 Å². The number of amides is 2. The lowest BCUT2D eigenvalue weighted by Crippen LogP contribution is -2.54. The molecule has 7 nitrogen and oxygen atoms in total. The molecule has 0 aliphatic heterocycles. The second kappa shape index (κ2) is 14.1. The van der Waals surface area contributed by atoms with Crippen molar-refractivity contribution in [3.63, 3.8) is 0 Å². The number of carbonyl (C=O) groups is 2. The summed E-state index contributed by atoms with van der Waals surface area (Å²) in [6, 6.07) is 20.0. The molecule has 3 rings (SSSR count). The lowest BCUT2D eigenvalue weighted by atomic mass is 10.1. The summed E-state index contributed by atoms with van der Waals surface area (Å²) in [5.41, 5.74) is 2.21. The summed E-state index contributed by atoms with van der Waals surface area (Å²) in [4.78, 5) is 28.6. The van der Waals surface area contributed by atoms with Crippen molar-refractivity contribution >= 4 is 27.5 Å². The second-order valence-electron chi connectivity index (χ2n) is 9.87. The normalized spacial score (nSPS) is 12.8. The van der Waals surface area contributed by atoms with E-state index in [0.29, 0.717) is 18.5 Å². The predicted molar refractivity (Wildman–Crippen MR) is 156 cm³/mol. The SMILES string of the molecule is CC[C@H](C)NC(=O)[C@H](CC)N(CCc1ccccc1)C(=O)CN(c1ccc(C)cc1)S(=O)(=O)c1ccc(F)cc1. The Morgan fingerprint density at radius 2 is 1.52 bits per heavy atom. The van der Waals surface area contributed by atoms with Gasteiger partial charge in [0.15, 0.2) is 0 Å². The number of nitrogens with zero attached hydrogens (tertiary/aromatic N) is 2. The second-order valence-corrected chi connectivity index (χ2v) is 11.7. The molecule has 0 aromatic heterocycles. The van der Waals surface area contributed by atoms with E-state index in [0.717, 1.165) is 34.0 Å². The molecule has 214 valence electrons. The van der Waals surface area contributed by atoms with Crippen molar-refractivity contribution in [2.24, 2.45) is 0 Å². The van der Waals surface area contributed by atoms with Crippen molar-refractivity contribution in [2.75, 3.05) is 17.4 Å². The summed E-state index contributed by atoms with van der Waals surface area (Å²) in [5.74, 6) is -1.35. The van der Waals surface area contributed by atoms with Crippen LogP contribution >= 0.6 is 0 Å². The van der Waals surface area contributed by atoms with Crippen LogP contribution in [0.5, 0.6) is 0 Å². The van der Waals surface area contributed by atoms with Gasteiger partial charge in [0, 0.05) is 12.6 Å². The van der Waals surface area contributed by atoms with E-state index in [4.69, 9.17) is 0 Å². The van der Waals surface area contributed by atoms with E-state index >= 15 is 0 Å². The highest BCUT2D eigenvalue weighted by Gasteiger charge is 2.33.